The van der Waals surface area contributed by atoms with Gasteiger partial charge in [0.25, 0.3) is 0 Å². The topological polar surface area (TPSA) is 71.1 Å². The fourth-order valence-electron chi connectivity index (χ4n) is 2.63. The van der Waals surface area contributed by atoms with Crippen LogP contribution in [0.5, 0.6) is 0 Å². The molecule has 116 valence electrons. The molecule has 0 saturated heterocycles. The van der Waals surface area contributed by atoms with Crippen LogP contribution in [0.4, 0.5) is 0 Å². The van der Waals surface area contributed by atoms with Crippen LogP contribution >= 0.6 is 0 Å². The molecule has 1 aromatic carbocycles. The zero-order valence-electron chi connectivity index (χ0n) is 12.8. The van der Waals surface area contributed by atoms with Crippen LogP contribution in [-0.2, 0) is 11.3 Å². The highest BCUT2D eigenvalue weighted by atomic mass is 16.5. The van der Waals surface area contributed by atoms with Gasteiger partial charge in [0, 0.05) is 31.8 Å². The van der Waals surface area contributed by atoms with Crippen LogP contribution in [0.2, 0.25) is 0 Å². The Morgan fingerprint density at radius 3 is 2.90 bits per heavy atom. The molecule has 0 spiro atoms. The maximum absolute atomic E-state index is 8.78. The van der Waals surface area contributed by atoms with E-state index in [0.29, 0.717) is 6.04 Å². The summed E-state index contributed by atoms with van der Waals surface area (Å²) >= 11 is 0. The Morgan fingerprint density at radius 2 is 2.29 bits per heavy atom. The van der Waals surface area contributed by atoms with Crippen LogP contribution in [0.3, 0.4) is 0 Å². The molecular weight excluding hydrogens is 266 g/mol. The third-order valence-corrected chi connectivity index (χ3v) is 4.18. The van der Waals surface area contributed by atoms with E-state index in [1.54, 1.807) is 7.11 Å². The Hall–Kier alpha value is -1.59. The van der Waals surface area contributed by atoms with E-state index in [1.165, 1.54) is 18.4 Å². The van der Waals surface area contributed by atoms with Crippen LogP contribution < -0.4 is 5.73 Å². The molecule has 2 rings (SSSR count). The zero-order valence-corrected chi connectivity index (χ0v) is 12.8. The van der Waals surface area contributed by atoms with Gasteiger partial charge in [-0.25, -0.2) is 0 Å². The molecule has 0 aromatic heterocycles. The van der Waals surface area contributed by atoms with E-state index in [4.69, 9.17) is 15.7 Å². The van der Waals surface area contributed by atoms with Crippen molar-refractivity contribution in [1.29, 1.82) is 0 Å². The maximum atomic E-state index is 8.78. The first-order valence-corrected chi connectivity index (χ1v) is 7.45. The molecule has 1 aliphatic carbocycles. The van der Waals surface area contributed by atoms with E-state index in [2.05, 4.69) is 23.0 Å². The van der Waals surface area contributed by atoms with Crippen molar-refractivity contribution in [3.8, 4) is 0 Å². The number of nitrogens with zero attached hydrogens (tertiary/aromatic N) is 2. The Balaban J connectivity index is 2.08. The molecular formula is C16H25N3O2. The summed E-state index contributed by atoms with van der Waals surface area (Å²) in [6.45, 7) is 4.80. The standard InChI is InChI=1S/C16H25N3O2/c1-12(14-6-7-14)19(8-9-21-2)11-13-4-3-5-15(10-13)16(17)18-20/h3-5,10,12,14,20H,6-9,11H2,1-2H3,(H2,17,18). The molecule has 0 amide bonds. The van der Waals surface area contributed by atoms with Gasteiger partial charge >= 0.3 is 0 Å². The Kier molecular flexibility index (Phi) is 5.59. The van der Waals surface area contributed by atoms with Crippen molar-refractivity contribution >= 4 is 5.84 Å². The molecule has 0 heterocycles. The summed E-state index contributed by atoms with van der Waals surface area (Å²) in [6.07, 6.45) is 2.66. The lowest BCUT2D eigenvalue weighted by molar-refractivity contribution is 0.111. The van der Waals surface area contributed by atoms with Crippen LogP contribution in [0.1, 0.15) is 30.9 Å². The van der Waals surface area contributed by atoms with Gasteiger partial charge in [-0.1, -0.05) is 23.4 Å². The highest BCUT2D eigenvalue weighted by Crippen LogP contribution is 2.35. The van der Waals surface area contributed by atoms with Gasteiger partial charge in [0.1, 0.15) is 0 Å². The van der Waals surface area contributed by atoms with Gasteiger partial charge in [-0.05, 0) is 37.3 Å². The lowest BCUT2D eigenvalue weighted by Crippen LogP contribution is -2.36. The van der Waals surface area contributed by atoms with Gasteiger partial charge in [0.15, 0.2) is 5.84 Å². The summed E-state index contributed by atoms with van der Waals surface area (Å²) in [4.78, 5) is 2.45. The van der Waals surface area contributed by atoms with Gasteiger partial charge in [-0.15, -0.1) is 0 Å². The Bertz CT molecular complexity index is 486. The minimum atomic E-state index is 0.149. The molecule has 1 fully saturated rings. The molecule has 1 saturated carbocycles. The second-order valence-electron chi connectivity index (χ2n) is 5.73. The van der Waals surface area contributed by atoms with Gasteiger partial charge in [0.05, 0.1) is 6.61 Å². The number of methoxy groups -OCH3 is 1. The first-order valence-electron chi connectivity index (χ1n) is 7.45. The number of rotatable bonds is 8. The molecule has 21 heavy (non-hydrogen) atoms. The number of benzene rings is 1. The predicted molar refractivity (Wildman–Crippen MR) is 83.4 cm³/mol. The number of nitrogens with two attached hydrogens (primary N) is 1. The summed E-state index contributed by atoms with van der Waals surface area (Å²) in [5, 5.41) is 11.8. The molecule has 1 aromatic rings. The normalized spacial score (nSPS) is 17.2. The Labute approximate surface area is 126 Å². The van der Waals surface area contributed by atoms with Gasteiger partial charge in [-0.2, -0.15) is 0 Å². The quantitative estimate of drug-likeness (QED) is 0.333. The first kappa shape index (κ1) is 15.8. The number of hydrogen-bond acceptors (Lipinski definition) is 4. The van der Waals surface area contributed by atoms with Crippen molar-refractivity contribution < 1.29 is 9.94 Å². The van der Waals surface area contributed by atoms with Crippen LogP contribution in [0.25, 0.3) is 0 Å². The average Bonchev–Trinajstić information content (AvgIpc) is 3.35. The van der Waals surface area contributed by atoms with Crippen LogP contribution in [0, 0.1) is 5.92 Å². The molecule has 1 unspecified atom stereocenters. The van der Waals surface area contributed by atoms with Gasteiger partial charge < -0.3 is 15.7 Å². The Morgan fingerprint density at radius 1 is 1.52 bits per heavy atom. The van der Waals surface area contributed by atoms with Crippen LogP contribution in [0.15, 0.2) is 29.4 Å². The summed E-state index contributed by atoms with van der Waals surface area (Å²) in [7, 11) is 1.74. The molecule has 3 N–H and O–H groups in total. The maximum Gasteiger partial charge on any atom is 0.170 e. The molecule has 0 bridgehead atoms. The van der Waals surface area contributed by atoms with Crippen molar-refractivity contribution in [2.75, 3.05) is 20.3 Å². The lowest BCUT2D eigenvalue weighted by Gasteiger charge is -2.29. The van der Waals surface area contributed by atoms with Crippen molar-refractivity contribution in [2.24, 2.45) is 16.8 Å². The van der Waals surface area contributed by atoms with E-state index in [0.717, 1.165) is 31.2 Å². The third kappa shape index (κ3) is 4.44. The molecule has 5 heteroatoms. The van der Waals surface area contributed by atoms with E-state index in [1.807, 2.05) is 18.2 Å². The van der Waals surface area contributed by atoms with Gasteiger partial charge in [-0.3, -0.25) is 4.90 Å². The summed E-state index contributed by atoms with van der Waals surface area (Å²) in [5.41, 5.74) is 7.58. The second-order valence-corrected chi connectivity index (χ2v) is 5.73. The summed E-state index contributed by atoms with van der Waals surface area (Å²) in [6, 6.07) is 8.41. The monoisotopic (exact) mass is 291 g/mol. The molecule has 0 aliphatic heterocycles. The predicted octanol–water partition coefficient (Wildman–Crippen LogP) is 2.03. The minimum absolute atomic E-state index is 0.149. The highest BCUT2D eigenvalue weighted by molar-refractivity contribution is 5.97. The average molecular weight is 291 g/mol. The fraction of sp³-hybridized carbons (Fsp3) is 0.562. The van der Waals surface area contributed by atoms with Crippen molar-refractivity contribution in [3.05, 3.63) is 35.4 Å². The molecule has 0 radical (unpaired) electrons. The second kappa shape index (κ2) is 7.43. The number of ether oxygens (including phenoxy) is 1. The van der Waals surface area contributed by atoms with Crippen molar-refractivity contribution in [3.63, 3.8) is 0 Å². The highest BCUT2D eigenvalue weighted by Gasteiger charge is 2.31. The molecule has 5 nitrogen and oxygen atoms in total. The van der Waals surface area contributed by atoms with E-state index < -0.39 is 0 Å². The smallest absolute Gasteiger partial charge is 0.170 e. The van der Waals surface area contributed by atoms with E-state index >= 15 is 0 Å². The third-order valence-electron chi connectivity index (χ3n) is 4.18. The van der Waals surface area contributed by atoms with Crippen LogP contribution in [-0.4, -0.2) is 42.2 Å². The molecule has 1 atom stereocenters. The number of oxime groups is 1. The SMILES string of the molecule is COCCN(Cc1cccc(C(N)=NO)c1)C(C)C1CC1. The van der Waals surface area contributed by atoms with Crippen molar-refractivity contribution in [1.82, 2.24) is 4.90 Å². The zero-order chi connectivity index (χ0) is 15.2. The number of amidine groups is 1. The summed E-state index contributed by atoms with van der Waals surface area (Å²) < 4.78 is 5.23. The lowest BCUT2D eigenvalue weighted by atomic mass is 10.1. The first-order chi connectivity index (χ1) is 10.2. The minimum Gasteiger partial charge on any atom is -0.409 e. The summed E-state index contributed by atoms with van der Waals surface area (Å²) in [5.74, 6) is 0.963. The van der Waals surface area contributed by atoms with E-state index in [9.17, 15) is 0 Å². The van der Waals surface area contributed by atoms with Crippen molar-refractivity contribution in [2.45, 2.75) is 32.4 Å². The number of hydrogen-bond donors (Lipinski definition) is 2. The fourth-order valence-corrected chi connectivity index (χ4v) is 2.63. The van der Waals surface area contributed by atoms with Gasteiger partial charge in [0.2, 0.25) is 0 Å². The largest absolute Gasteiger partial charge is 0.409 e. The van der Waals surface area contributed by atoms with E-state index in [-0.39, 0.29) is 5.84 Å². The molecule has 1 aliphatic rings.